The van der Waals surface area contributed by atoms with E-state index in [4.69, 9.17) is 4.74 Å². The van der Waals surface area contributed by atoms with Crippen LogP contribution in [0.1, 0.15) is 96.0 Å². The molecular weight excluding hydrogens is 492 g/mol. The van der Waals surface area contributed by atoms with Gasteiger partial charge in [-0.1, -0.05) is 58.3 Å². The first-order valence-corrected chi connectivity index (χ1v) is 14.6. The van der Waals surface area contributed by atoms with Gasteiger partial charge in [0.05, 0.1) is 0 Å². The molecule has 38 heavy (non-hydrogen) atoms. The monoisotopic (exact) mass is 534 g/mol. The van der Waals surface area contributed by atoms with Gasteiger partial charge in [0.2, 0.25) is 0 Å². The number of hydrogen-bond donors (Lipinski definition) is 0. The van der Waals surface area contributed by atoms with Gasteiger partial charge in [-0.2, -0.15) is 8.78 Å². The summed E-state index contributed by atoms with van der Waals surface area (Å²) < 4.78 is 64.3. The Morgan fingerprint density at radius 2 is 1.32 bits per heavy atom. The van der Waals surface area contributed by atoms with Crippen molar-refractivity contribution >= 4 is 0 Å². The molecule has 6 heteroatoms. The minimum absolute atomic E-state index is 0.0163. The minimum Gasteiger partial charge on any atom is -0.454 e. The molecule has 0 heterocycles. The first kappa shape index (κ1) is 28.8. The van der Waals surface area contributed by atoms with Crippen LogP contribution in [-0.2, 0) is 6.42 Å². The summed E-state index contributed by atoms with van der Waals surface area (Å²) in [5, 5.41) is 0. The molecule has 0 amide bonds. The van der Waals surface area contributed by atoms with Crippen molar-refractivity contribution in [1.29, 1.82) is 0 Å². The van der Waals surface area contributed by atoms with E-state index in [1.54, 1.807) is 0 Å². The predicted octanol–water partition coefficient (Wildman–Crippen LogP) is 10.5. The second-order valence-electron chi connectivity index (χ2n) is 11.4. The molecule has 0 saturated heterocycles. The van der Waals surface area contributed by atoms with Gasteiger partial charge < -0.3 is 9.47 Å². The Kier molecular flexibility index (Phi) is 10.8. The number of benzene rings is 2. The lowest BCUT2D eigenvalue weighted by Gasteiger charge is -2.38. The Bertz CT molecular complexity index is 978. The Morgan fingerprint density at radius 3 is 1.89 bits per heavy atom. The normalized spacial score (nSPS) is 23.9. The molecule has 2 aromatic carbocycles. The molecular formula is C32H42F4O2. The van der Waals surface area contributed by atoms with E-state index >= 15 is 4.39 Å². The Morgan fingerprint density at radius 1 is 0.737 bits per heavy atom. The Balaban J connectivity index is 1.24. The quantitative estimate of drug-likeness (QED) is 0.199. The van der Waals surface area contributed by atoms with Gasteiger partial charge in [0.1, 0.15) is 17.3 Å². The van der Waals surface area contributed by atoms with Gasteiger partial charge in [-0.3, -0.25) is 0 Å². The molecule has 0 aliphatic heterocycles. The number of hydrogen-bond acceptors (Lipinski definition) is 2. The van der Waals surface area contributed by atoms with Crippen molar-refractivity contribution < 1.29 is 27.0 Å². The van der Waals surface area contributed by atoms with E-state index in [0.29, 0.717) is 12.3 Å². The van der Waals surface area contributed by atoms with E-state index in [-0.39, 0.29) is 22.8 Å². The molecule has 2 fully saturated rings. The summed E-state index contributed by atoms with van der Waals surface area (Å²) in [5.41, 5.74) is 0.0590. The number of unbranched alkanes of at least 4 members (excludes halogenated alkanes) is 2. The van der Waals surface area contributed by atoms with Crippen molar-refractivity contribution in [2.24, 2.45) is 23.7 Å². The van der Waals surface area contributed by atoms with Crippen LogP contribution in [0.5, 0.6) is 17.2 Å². The lowest BCUT2D eigenvalue weighted by atomic mass is 9.68. The number of alkyl halides is 2. The minimum atomic E-state index is -2.92. The van der Waals surface area contributed by atoms with E-state index in [9.17, 15) is 13.2 Å². The lowest BCUT2D eigenvalue weighted by Crippen LogP contribution is -2.26. The van der Waals surface area contributed by atoms with Crippen molar-refractivity contribution in [3.05, 3.63) is 53.6 Å². The van der Waals surface area contributed by atoms with Gasteiger partial charge in [0.15, 0.2) is 11.6 Å². The maximum absolute atomic E-state index is 15.2. The number of rotatable bonds is 12. The molecule has 210 valence electrons. The van der Waals surface area contributed by atoms with Crippen molar-refractivity contribution in [3.63, 3.8) is 0 Å². The SMILES string of the molecule is CCCCCC1CCC(C2CCC(CCc3c(F)ccc(Oc4ccc(OC(F)F)cc4)c3F)CC2)CC1. The van der Waals surface area contributed by atoms with Crippen molar-refractivity contribution in [2.75, 3.05) is 0 Å². The third-order valence-corrected chi connectivity index (χ3v) is 8.90. The molecule has 0 atom stereocenters. The number of halogens is 4. The average molecular weight is 535 g/mol. The summed E-state index contributed by atoms with van der Waals surface area (Å²) in [6.07, 6.45) is 16.9. The average Bonchev–Trinajstić information content (AvgIpc) is 2.92. The molecule has 0 unspecified atom stereocenters. The highest BCUT2D eigenvalue weighted by Gasteiger charge is 2.31. The van der Waals surface area contributed by atoms with E-state index in [0.717, 1.165) is 37.0 Å². The van der Waals surface area contributed by atoms with E-state index in [1.807, 2.05) is 0 Å². The van der Waals surface area contributed by atoms with Crippen LogP contribution in [0.15, 0.2) is 36.4 Å². The van der Waals surface area contributed by atoms with Gasteiger partial charge in [0, 0.05) is 5.56 Å². The van der Waals surface area contributed by atoms with Crippen LogP contribution in [0.25, 0.3) is 0 Å². The first-order valence-electron chi connectivity index (χ1n) is 14.6. The van der Waals surface area contributed by atoms with Crippen LogP contribution in [0.4, 0.5) is 17.6 Å². The fraction of sp³-hybridized carbons (Fsp3) is 0.625. The summed E-state index contributed by atoms with van der Waals surface area (Å²) in [6.45, 7) is -0.651. The molecule has 0 bridgehead atoms. The fourth-order valence-corrected chi connectivity index (χ4v) is 6.63. The summed E-state index contributed by atoms with van der Waals surface area (Å²) in [6, 6.07) is 7.97. The molecule has 0 radical (unpaired) electrons. The predicted molar refractivity (Wildman–Crippen MR) is 143 cm³/mol. The molecule has 2 saturated carbocycles. The molecule has 0 spiro atoms. The van der Waals surface area contributed by atoms with Crippen molar-refractivity contribution in [1.82, 2.24) is 0 Å². The smallest absolute Gasteiger partial charge is 0.387 e. The van der Waals surface area contributed by atoms with Crippen LogP contribution < -0.4 is 9.47 Å². The lowest BCUT2D eigenvalue weighted by molar-refractivity contribution is -0.0498. The summed E-state index contributed by atoms with van der Waals surface area (Å²) in [4.78, 5) is 0. The Labute approximate surface area is 225 Å². The highest BCUT2D eigenvalue weighted by atomic mass is 19.3. The van der Waals surface area contributed by atoms with Gasteiger partial charge in [-0.25, -0.2) is 8.78 Å². The van der Waals surface area contributed by atoms with E-state index in [2.05, 4.69) is 11.7 Å². The van der Waals surface area contributed by atoms with Crippen LogP contribution in [-0.4, -0.2) is 6.61 Å². The maximum Gasteiger partial charge on any atom is 0.387 e. The first-order chi connectivity index (χ1) is 18.4. The van der Waals surface area contributed by atoms with E-state index < -0.39 is 18.2 Å². The standard InChI is InChI=1S/C32H42F4O2/c1-2-3-4-5-22-6-11-24(12-7-22)25-13-8-23(9-14-25)10-19-28-29(33)20-21-30(31(28)34)37-26-15-17-27(18-16-26)38-32(35)36/h15-18,20-25,32H,2-14,19H2,1H3. The van der Waals surface area contributed by atoms with Gasteiger partial charge in [-0.05, 0) is 98.6 Å². The van der Waals surface area contributed by atoms with Crippen LogP contribution in [0.2, 0.25) is 0 Å². The third-order valence-electron chi connectivity index (χ3n) is 8.90. The molecule has 0 N–H and O–H groups in total. The summed E-state index contributed by atoms with van der Waals surface area (Å²) in [7, 11) is 0. The number of ether oxygens (including phenoxy) is 2. The third kappa shape index (κ3) is 8.13. The molecule has 2 aromatic rings. The van der Waals surface area contributed by atoms with Crippen LogP contribution in [0, 0.1) is 35.3 Å². The highest BCUT2D eigenvalue weighted by Crippen LogP contribution is 2.43. The van der Waals surface area contributed by atoms with Gasteiger partial charge in [-0.15, -0.1) is 0 Å². The zero-order valence-corrected chi connectivity index (χ0v) is 22.6. The Hall–Kier alpha value is -2.24. The molecule has 0 aromatic heterocycles. The topological polar surface area (TPSA) is 18.5 Å². The fourth-order valence-electron chi connectivity index (χ4n) is 6.63. The largest absolute Gasteiger partial charge is 0.454 e. The molecule has 2 nitrogen and oxygen atoms in total. The van der Waals surface area contributed by atoms with Gasteiger partial charge >= 0.3 is 6.61 Å². The maximum atomic E-state index is 15.2. The highest BCUT2D eigenvalue weighted by molar-refractivity contribution is 5.38. The van der Waals surface area contributed by atoms with Crippen molar-refractivity contribution in [2.45, 2.75) is 103 Å². The van der Waals surface area contributed by atoms with Crippen LogP contribution >= 0.6 is 0 Å². The summed E-state index contributed by atoms with van der Waals surface area (Å²) in [5.74, 6) is 2.07. The second kappa shape index (κ2) is 14.2. The van der Waals surface area contributed by atoms with Crippen molar-refractivity contribution in [3.8, 4) is 17.2 Å². The zero-order valence-electron chi connectivity index (χ0n) is 22.6. The van der Waals surface area contributed by atoms with Crippen LogP contribution in [0.3, 0.4) is 0 Å². The molecule has 2 aliphatic rings. The second-order valence-corrected chi connectivity index (χ2v) is 11.4. The molecule has 2 aliphatic carbocycles. The van der Waals surface area contributed by atoms with Gasteiger partial charge in [0.25, 0.3) is 0 Å². The molecule has 4 rings (SSSR count). The summed E-state index contributed by atoms with van der Waals surface area (Å²) >= 11 is 0. The zero-order chi connectivity index (χ0) is 26.9. The van der Waals surface area contributed by atoms with E-state index in [1.165, 1.54) is 101 Å².